The van der Waals surface area contributed by atoms with Gasteiger partial charge in [0.1, 0.15) is 0 Å². The molecule has 0 bridgehead atoms. The van der Waals surface area contributed by atoms with Gasteiger partial charge in [0.25, 0.3) is 0 Å². The van der Waals surface area contributed by atoms with E-state index in [4.69, 9.17) is 0 Å². The zero-order chi connectivity index (χ0) is 9.90. The van der Waals surface area contributed by atoms with Gasteiger partial charge in [-0.25, -0.2) is 5.32 Å². The first kappa shape index (κ1) is 10.8. The van der Waals surface area contributed by atoms with Gasteiger partial charge in [0.2, 0.25) is 0 Å². The molecule has 2 atom stereocenters. The molecule has 0 amide bonds. The molecule has 4 heteroatoms. The minimum absolute atomic E-state index is 0.357. The molecule has 0 aliphatic heterocycles. The Morgan fingerprint density at radius 3 is 2.38 bits per heavy atom. The Hall–Kier alpha value is -0.250. The lowest BCUT2D eigenvalue weighted by molar-refractivity contribution is -0.164. The molecule has 1 fully saturated rings. The molecule has 0 aromatic rings. The number of hydrogen-bond donors (Lipinski definition) is 1. The van der Waals surface area contributed by atoms with E-state index >= 15 is 0 Å². The van der Waals surface area contributed by atoms with Crippen molar-refractivity contribution in [2.45, 2.75) is 51.4 Å². The molecule has 0 aromatic heterocycles. The van der Waals surface area contributed by atoms with Crippen LogP contribution in [-0.2, 0) is 0 Å². The van der Waals surface area contributed by atoms with Gasteiger partial charge < -0.3 is 0 Å². The smallest absolute Gasteiger partial charge is 0.225 e. The van der Waals surface area contributed by atoms with Gasteiger partial charge in [0.15, 0.2) is 0 Å². The zero-order valence-electron chi connectivity index (χ0n) is 7.82. The molecule has 1 aliphatic rings. The number of hydrogen-bond acceptors (Lipinski definition) is 1. The summed E-state index contributed by atoms with van der Waals surface area (Å²) in [5.41, 5.74) is 0. The Bertz CT molecular complexity index is 155. The van der Waals surface area contributed by atoms with Crippen LogP contribution in [0.15, 0.2) is 0 Å². The molecule has 1 saturated carbocycles. The van der Waals surface area contributed by atoms with E-state index in [9.17, 15) is 13.2 Å². The van der Waals surface area contributed by atoms with Gasteiger partial charge in [-0.1, -0.05) is 19.8 Å². The quantitative estimate of drug-likeness (QED) is 0.501. The van der Waals surface area contributed by atoms with Crippen LogP contribution in [-0.4, -0.2) is 12.3 Å². The second-order valence-corrected chi connectivity index (χ2v) is 3.95. The molecule has 13 heavy (non-hydrogen) atoms. The highest BCUT2D eigenvalue weighted by Gasteiger charge is 2.31. The normalized spacial score (nSPS) is 31.4. The van der Waals surface area contributed by atoms with Crippen molar-refractivity contribution in [2.24, 2.45) is 5.92 Å². The summed E-state index contributed by atoms with van der Waals surface area (Å²) >= 11 is 0. The van der Waals surface area contributed by atoms with Crippen molar-refractivity contribution < 1.29 is 13.2 Å². The highest BCUT2D eigenvalue weighted by Crippen LogP contribution is 2.24. The van der Waals surface area contributed by atoms with Crippen LogP contribution in [0.1, 0.15) is 39.0 Å². The van der Waals surface area contributed by atoms with Crippen molar-refractivity contribution in [2.75, 3.05) is 0 Å². The van der Waals surface area contributed by atoms with Crippen molar-refractivity contribution in [3.8, 4) is 0 Å². The molecule has 0 aromatic carbocycles. The third kappa shape index (κ3) is 4.50. The Morgan fingerprint density at radius 1 is 1.08 bits per heavy atom. The Kier molecular flexibility index (Phi) is 3.59. The van der Waals surface area contributed by atoms with Crippen molar-refractivity contribution in [1.82, 2.24) is 5.32 Å². The largest absolute Gasteiger partial charge is 0.457 e. The van der Waals surface area contributed by atoms with Gasteiger partial charge in [0, 0.05) is 6.04 Å². The number of nitrogens with one attached hydrogen (secondary N) is 1. The molecule has 1 N–H and O–H groups in total. The lowest BCUT2D eigenvalue weighted by Gasteiger charge is -2.18. The van der Waals surface area contributed by atoms with Crippen LogP contribution in [0, 0.1) is 5.92 Å². The highest BCUT2D eigenvalue weighted by atomic mass is 19.4. The van der Waals surface area contributed by atoms with Crippen LogP contribution in [0.5, 0.6) is 0 Å². The van der Waals surface area contributed by atoms with E-state index in [0.29, 0.717) is 18.8 Å². The molecular weight excluding hydrogens is 179 g/mol. The van der Waals surface area contributed by atoms with Gasteiger partial charge in [-0.3, -0.25) is 0 Å². The molecule has 0 saturated heterocycles. The summed E-state index contributed by atoms with van der Waals surface area (Å²) in [4.78, 5) is 0. The molecule has 1 nitrogen and oxygen atoms in total. The number of alkyl halides is 3. The minimum atomic E-state index is -4.21. The fraction of sp³-hybridized carbons (Fsp3) is 1.00. The molecule has 0 radical (unpaired) electrons. The first-order valence-corrected chi connectivity index (χ1v) is 4.82. The topological polar surface area (TPSA) is 12.0 Å². The van der Waals surface area contributed by atoms with Crippen molar-refractivity contribution >= 4 is 0 Å². The zero-order valence-corrected chi connectivity index (χ0v) is 7.82. The Morgan fingerprint density at radius 2 is 1.77 bits per heavy atom. The summed E-state index contributed by atoms with van der Waals surface area (Å²) in [5.74, 6) is 0.583. The van der Waals surface area contributed by atoms with Crippen molar-refractivity contribution in [3.63, 3.8) is 0 Å². The summed E-state index contributed by atoms with van der Waals surface area (Å²) in [6.07, 6.45) is -0.0124. The van der Waals surface area contributed by atoms with Crippen LogP contribution in [0.2, 0.25) is 0 Å². The van der Waals surface area contributed by atoms with E-state index in [1.807, 2.05) is 0 Å². The first-order valence-electron chi connectivity index (χ1n) is 4.82. The molecule has 78 valence electrons. The first-order chi connectivity index (χ1) is 5.97. The fourth-order valence-electron chi connectivity index (χ4n) is 1.86. The fourth-order valence-corrected chi connectivity index (χ4v) is 1.86. The predicted octanol–water partition coefficient (Wildman–Crippen LogP) is 3.06. The summed E-state index contributed by atoms with van der Waals surface area (Å²) in [6, 6.07) is -0.357. The van der Waals surface area contributed by atoms with Crippen LogP contribution in [0.3, 0.4) is 0 Å². The SMILES string of the molecule is CC1CCCC(NC(F)(F)F)CC1. The highest BCUT2D eigenvalue weighted by molar-refractivity contribution is 4.73. The van der Waals surface area contributed by atoms with E-state index in [0.717, 1.165) is 19.3 Å². The molecular formula is C9H16F3N. The maximum Gasteiger partial charge on any atom is 0.457 e. The summed E-state index contributed by atoms with van der Waals surface area (Å²) in [6.45, 7) is 2.11. The molecule has 2 unspecified atom stereocenters. The lowest BCUT2D eigenvalue weighted by atomic mass is 10.0. The van der Waals surface area contributed by atoms with E-state index in [1.165, 1.54) is 0 Å². The van der Waals surface area contributed by atoms with Crippen LogP contribution in [0.4, 0.5) is 13.2 Å². The van der Waals surface area contributed by atoms with Gasteiger partial charge >= 0.3 is 6.30 Å². The standard InChI is InChI=1S/C9H16F3N/c1-7-3-2-4-8(6-5-7)13-9(10,11)12/h7-8,13H,2-6H2,1H3. The van der Waals surface area contributed by atoms with Crippen LogP contribution >= 0.6 is 0 Å². The molecule has 0 spiro atoms. The van der Waals surface area contributed by atoms with Gasteiger partial charge in [-0.05, 0) is 25.2 Å². The average Bonchev–Trinajstić information content (AvgIpc) is 2.12. The maximum absolute atomic E-state index is 12.0. The second kappa shape index (κ2) is 4.31. The molecule has 1 rings (SSSR count). The third-order valence-electron chi connectivity index (χ3n) is 2.63. The van der Waals surface area contributed by atoms with Gasteiger partial charge in [-0.2, -0.15) is 13.2 Å². The van der Waals surface area contributed by atoms with Gasteiger partial charge in [0.05, 0.1) is 0 Å². The van der Waals surface area contributed by atoms with Crippen LogP contribution < -0.4 is 5.32 Å². The van der Waals surface area contributed by atoms with E-state index < -0.39 is 6.30 Å². The van der Waals surface area contributed by atoms with E-state index in [-0.39, 0.29) is 6.04 Å². The monoisotopic (exact) mass is 195 g/mol. The average molecular weight is 195 g/mol. The molecule has 1 aliphatic carbocycles. The Labute approximate surface area is 76.7 Å². The van der Waals surface area contributed by atoms with Crippen molar-refractivity contribution in [3.05, 3.63) is 0 Å². The summed E-state index contributed by atoms with van der Waals surface area (Å²) in [7, 11) is 0. The minimum Gasteiger partial charge on any atom is -0.225 e. The van der Waals surface area contributed by atoms with E-state index in [2.05, 4.69) is 6.92 Å². The number of halogens is 3. The van der Waals surface area contributed by atoms with Gasteiger partial charge in [-0.15, -0.1) is 0 Å². The Balaban J connectivity index is 2.34. The summed E-state index contributed by atoms with van der Waals surface area (Å²) < 4.78 is 35.9. The third-order valence-corrected chi connectivity index (χ3v) is 2.63. The lowest BCUT2D eigenvalue weighted by Crippen LogP contribution is -2.40. The summed E-state index contributed by atoms with van der Waals surface area (Å²) in [5, 5.41) is 1.72. The molecule has 0 heterocycles. The maximum atomic E-state index is 12.0. The number of rotatable bonds is 1. The van der Waals surface area contributed by atoms with E-state index in [1.54, 1.807) is 5.32 Å². The van der Waals surface area contributed by atoms with Crippen molar-refractivity contribution in [1.29, 1.82) is 0 Å². The predicted molar refractivity (Wildman–Crippen MR) is 45.2 cm³/mol. The van der Waals surface area contributed by atoms with Crippen LogP contribution in [0.25, 0.3) is 0 Å². The second-order valence-electron chi connectivity index (χ2n) is 3.95.